The third kappa shape index (κ3) is 7.14. The Hall–Kier alpha value is -3.03. The lowest BCUT2D eigenvalue weighted by Crippen LogP contribution is -2.50. The Kier molecular flexibility index (Phi) is 7.64. The molecule has 2 atom stereocenters. The number of hydrogen-bond acceptors (Lipinski definition) is 3. The fraction of sp³-hybridized carbons (Fsp3) is 0.333. The Labute approximate surface area is 167 Å². The summed E-state index contributed by atoms with van der Waals surface area (Å²) in [7, 11) is 0. The molecule has 0 aliphatic carbocycles. The van der Waals surface area contributed by atoms with E-state index in [0.29, 0.717) is 17.5 Å². The fourth-order valence-electron chi connectivity index (χ4n) is 2.62. The standard InChI is InChI=1S/C21H23F3N2O3/c1-3-14(2)18(26-19(27)16-7-5-4-6-8-16)20(28)25-13-15-9-11-17(12-10-15)29-21(22,23)24/h4-12,14,18H,3,13H2,1-2H3,(H,25,28)(H,26,27)/t14-,18-/m0/s1. The summed E-state index contributed by atoms with van der Waals surface area (Å²) < 4.78 is 40.4. The lowest BCUT2D eigenvalue weighted by atomic mass is 9.97. The van der Waals surface area contributed by atoms with E-state index in [2.05, 4.69) is 15.4 Å². The van der Waals surface area contributed by atoms with E-state index >= 15 is 0 Å². The topological polar surface area (TPSA) is 67.4 Å². The van der Waals surface area contributed by atoms with Crippen molar-refractivity contribution in [1.29, 1.82) is 0 Å². The van der Waals surface area contributed by atoms with Crippen LogP contribution in [0.5, 0.6) is 5.75 Å². The summed E-state index contributed by atoms with van der Waals surface area (Å²) in [5.74, 6) is -1.15. The lowest BCUT2D eigenvalue weighted by Gasteiger charge is -2.23. The predicted octanol–water partition coefficient (Wildman–Crippen LogP) is 4.05. The first kappa shape index (κ1) is 22.3. The molecule has 156 valence electrons. The van der Waals surface area contributed by atoms with E-state index in [0.717, 1.165) is 0 Å². The van der Waals surface area contributed by atoms with Gasteiger partial charge >= 0.3 is 6.36 Å². The number of carbonyl (C=O) groups excluding carboxylic acids is 2. The molecule has 0 bridgehead atoms. The van der Waals surface area contributed by atoms with Crippen molar-refractivity contribution in [2.45, 2.75) is 39.2 Å². The minimum atomic E-state index is -4.75. The van der Waals surface area contributed by atoms with Gasteiger partial charge < -0.3 is 15.4 Å². The number of rotatable bonds is 8. The second kappa shape index (κ2) is 9.95. The zero-order chi connectivity index (χ0) is 21.4. The highest BCUT2D eigenvalue weighted by Gasteiger charge is 2.31. The first-order valence-electron chi connectivity index (χ1n) is 9.18. The Morgan fingerprint density at radius 2 is 1.66 bits per heavy atom. The van der Waals surface area contributed by atoms with Crippen molar-refractivity contribution in [3.63, 3.8) is 0 Å². The quantitative estimate of drug-likeness (QED) is 0.693. The molecule has 0 aliphatic heterocycles. The fourth-order valence-corrected chi connectivity index (χ4v) is 2.62. The molecule has 8 heteroatoms. The highest BCUT2D eigenvalue weighted by molar-refractivity contribution is 5.97. The molecule has 0 saturated heterocycles. The molecule has 29 heavy (non-hydrogen) atoms. The van der Waals surface area contributed by atoms with Gasteiger partial charge in [-0.25, -0.2) is 0 Å². The molecule has 2 aromatic rings. The molecule has 2 aromatic carbocycles. The molecule has 0 unspecified atom stereocenters. The van der Waals surface area contributed by atoms with E-state index in [1.807, 2.05) is 13.8 Å². The third-order valence-electron chi connectivity index (χ3n) is 4.44. The van der Waals surface area contributed by atoms with Crippen molar-refractivity contribution in [1.82, 2.24) is 10.6 Å². The molecular weight excluding hydrogens is 385 g/mol. The highest BCUT2D eigenvalue weighted by atomic mass is 19.4. The molecule has 0 heterocycles. The zero-order valence-corrected chi connectivity index (χ0v) is 16.1. The van der Waals surface area contributed by atoms with E-state index in [1.165, 1.54) is 24.3 Å². The Morgan fingerprint density at radius 1 is 1.03 bits per heavy atom. The molecule has 0 radical (unpaired) electrons. The Balaban J connectivity index is 1.98. The molecular formula is C21H23F3N2O3. The van der Waals surface area contributed by atoms with Crippen LogP contribution in [0.3, 0.4) is 0 Å². The number of halogens is 3. The summed E-state index contributed by atoms with van der Waals surface area (Å²) in [5.41, 5.74) is 1.05. The predicted molar refractivity (Wildman–Crippen MR) is 102 cm³/mol. The van der Waals surface area contributed by atoms with Crippen LogP contribution >= 0.6 is 0 Å². The first-order valence-corrected chi connectivity index (χ1v) is 9.18. The van der Waals surface area contributed by atoms with Crippen molar-refractivity contribution in [2.75, 3.05) is 0 Å². The second-order valence-electron chi connectivity index (χ2n) is 6.61. The van der Waals surface area contributed by atoms with Gasteiger partial charge in [0.25, 0.3) is 5.91 Å². The number of nitrogens with one attached hydrogen (secondary N) is 2. The maximum Gasteiger partial charge on any atom is 0.573 e. The molecule has 0 fully saturated rings. The van der Waals surface area contributed by atoms with E-state index in [4.69, 9.17) is 0 Å². The monoisotopic (exact) mass is 408 g/mol. The average Bonchev–Trinajstić information content (AvgIpc) is 2.70. The van der Waals surface area contributed by atoms with Crippen LogP contribution in [0.15, 0.2) is 54.6 Å². The maximum absolute atomic E-state index is 12.6. The van der Waals surface area contributed by atoms with E-state index in [1.54, 1.807) is 30.3 Å². The normalized spacial score (nSPS) is 13.3. The van der Waals surface area contributed by atoms with Gasteiger partial charge in [-0.1, -0.05) is 50.6 Å². The number of carbonyl (C=O) groups is 2. The van der Waals surface area contributed by atoms with Gasteiger partial charge in [0.2, 0.25) is 5.91 Å². The SMILES string of the molecule is CC[C@H](C)[C@H](NC(=O)c1ccccc1)C(=O)NCc1ccc(OC(F)(F)F)cc1. The van der Waals surface area contributed by atoms with Crippen LogP contribution in [0.4, 0.5) is 13.2 Å². The molecule has 0 saturated carbocycles. The van der Waals surface area contributed by atoms with Gasteiger partial charge in [-0.15, -0.1) is 13.2 Å². The summed E-state index contributed by atoms with van der Waals surface area (Å²) >= 11 is 0. The van der Waals surface area contributed by atoms with Crippen molar-refractivity contribution in [3.8, 4) is 5.75 Å². The number of ether oxygens (including phenoxy) is 1. The molecule has 5 nitrogen and oxygen atoms in total. The van der Waals surface area contributed by atoms with Gasteiger partial charge in [0.15, 0.2) is 0 Å². The smallest absolute Gasteiger partial charge is 0.406 e. The molecule has 0 spiro atoms. The van der Waals surface area contributed by atoms with Crippen LogP contribution in [-0.2, 0) is 11.3 Å². The molecule has 0 aliphatic rings. The van der Waals surface area contributed by atoms with Gasteiger partial charge in [-0.3, -0.25) is 9.59 Å². The van der Waals surface area contributed by atoms with Crippen LogP contribution in [0, 0.1) is 5.92 Å². The van der Waals surface area contributed by atoms with Gasteiger partial charge in [0, 0.05) is 12.1 Å². The largest absolute Gasteiger partial charge is 0.573 e. The van der Waals surface area contributed by atoms with Crippen LogP contribution in [0.1, 0.15) is 36.2 Å². The van der Waals surface area contributed by atoms with Crippen molar-refractivity contribution in [2.24, 2.45) is 5.92 Å². The summed E-state index contributed by atoms with van der Waals surface area (Å²) in [4.78, 5) is 25.0. The first-order chi connectivity index (χ1) is 13.7. The summed E-state index contributed by atoms with van der Waals surface area (Å²) in [5, 5.41) is 5.48. The highest BCUT2D eigenvalue weighted by Crippen LogP contribution is 2.22. The number of hydrogen-bond donors (Lipinski definition) is 2. The zero-order valence-electron chi connectivity index (χ0n) is 16.1. The van der Waals surface area contributed by atoms with Gasteiger partial charge in [0.05, 0.1) is 0 Å². The number of amides is 2. The molecule has 2 N–H and O–H groups in total. The molecule has 2 amide bonds. The Morgan fingerprint density at radius 3 is 2.21 bits per heavy atom. The third-order valence-corrected chi connectivity index (χ3v) is 4.44. The summed E-state index contributed by atoms with van der Waals surface area (Å²) in [6, 6.07) is 13.1. The number of benzene rings is 2. The van der Waals surface area contributed by atoms with E-state index in [9.17, 15) is 22.8 Å². The Bertz CT molecular complexity index is 808. The van der Waals surface area contributed by atoms with Crippen LogP contribution < -0.4 is 15.4 Å². The van der Waals surface area contributed by atoms with Crippen molar-refractivity contribution < 1.29 is 27.5 Å². The van der Waals surface area contributed by atoms with Gasteiger partial charge in [-0.2, -0.15) is 0 Å². The minimum Gasteiger partial charge on any atom is -0.406 e. The van der Waals surface area contributed by atoms with Crippen LogP contribution in [0.2, 0.25) is 0 Å². The second-order valence-corrected chi connectivity index (χ2v) is 6.61. The van der Waals surface area contributed by atoms with E-state index < -0.39 is 12.4 Å². The average molecular weight is 408 g/mol. The van der Waals surface area contributed by atoms with Crippen LogP contribution in [-0.4, -0.2) is 24.2 Å². The molecule has 2 rings (SSSR count). The van der Waals surface area contributed by atoms with E-state index in [-0.39, 0.29) is 30.0 Å². The number of alkyl halides is 3. The van der Waals surface area contributed by atoms with Crippen LogP contribution in [0.25, 0.3) is 0 Å². The summed E-state index contributed by atoms with van der Waals surface area (Å²) in [6.07, 6.45) is -4.08. The summed E-state index contributed by atoms with van der Waals surface area (Å²) in [6.45, 7) is 3.89. The lowest BCUT2D eigenvalue weighted by molar-refractivity contribution is -0.274. The van der Waals surface area contributed by atoms with Gasteiger partial charge in [-0.05, 0) is 35.7 Å². The minimum absolute atomic E-state index is 0.106. The molecule has 0 aromatic heterocycles. The van der Waals surface area contributed by atoms with Gasteiger partial charge in [0.1, 0.15) is 11.8 Å². The maximum atomic E-state index is 12.6. The van der Waals surface area contributed by atoms with Crippen molar-refractivity contribution in [3.05, 3.63) is 65.7 Å². The van der Waals surface area contributed by atoms with Crippen molar-refractivity contribution >= 4 is 11.8 Å².